The van der Waals surface area contributed by atoms with Gasteiger partial charge in [-0.2, -0.15) is 0 Å². The van der Waals surface area contributed by atoms with Gasteiger partial charge < -0.3 is 20.7 Å². The lowest BCUT2D eigenvalue weighted by atomic mass is 10.4. The monoisotopic (exact) mass is 230 g/mol. The molecule has 0 rings (SSSR count). The number of unbranched alkanes of at least 4 members (excludes halogenated alkanes) is 1. The minimum Gasteiger partial charge on any atom is -0.380 e. The Morgan fingerprint density at radius 1 is 1.50 bits per heavy atom. The Bertz CT molecular complexity index is 221. The number of nitrogens with zero attached hydrogens (tertiary/aromatic N) is 1. The van der Waals surface area contributed by atoms with E-state index in [0.29, 0.717) is 13.2 Å². The standard InChI is InChI=1S/C10H22N4O2/c1-3-4-6-16-7-5-13-9(15)8-14(2)10(11)12/h3-8H2,1-2H3,(H3,11,12)(H,13,15). The molecule has 1 amide bonds. The number of amides is 1. The van der Waals surface area contributed by atoms with Gasteiger partial charge in [-0.1, -0.05) is 13.3 Å². The maximum atomic E-state index is 11.3. The highest BCUT2D eigenvalue weighted by molar-refractivity contribution is 5.83. The van der Waals surface area contributed by atoms with Gasteiger partial charge in [0.2, 0.25) is 5.91 Å². The highest BCUT2D eigenvalue weighted by atomic mass is 16.5. The van der Waals surface area contributed by atoms with E-state index in [0.717, 1.165) is 19.4 Å². The van der Waals surface area contributed by atoms with E-state index in [2.05, 4.69) is 12.2 Å². The zero-order chi connectivity index (χ0) is 12.4. The van der Waals surface area contributed by atoms with E-state index in [1.165, 1.54) is 4.90 Å². The molecule has 0 aromatic heterocycles. The lowest BCUT2D eigenvalue weighted by Crippen LogP contribution is -2.42. The Labute approximate surface area is 96.6 Å². The number of likely N-dealkylation sites (N-methyl/N-ethyl adjacent to an activating group) is 1. The number of guanidine groups is 1. The molecule has 0 aromatic rings. The summed E-state index contributed by atoms with van der Waals surface area (Å²) in [4.78, 5) is 12.7. The van der Waals surface area contributed by atoms with E-state index in [4.69, 9.17) is 15.9 Å². The van der Waals surface area contributed by atoms with Crippen LogP contribution in [0.3, 0.4) is 0 Å². The molecule has 6 heteroatoms. The molecule has 0 aliphatic carbocycles. The summed E-state index contributed by atoms with van der Waals surface area (Å²) < 4.78 is 5.28. The van der Waals surface area contributed by atoms with Gasteiger partial charge in [-0.15, -0.1) is 0 Å². The average molecular weight is 230 g/mol. The number of carbonyl (C=O) groups is 1. The van der Waals surface area contributed by atoms with Gasteiger partial charge in [0.15, 0.2) is 5.96 Å². The quantitative estimate of drug-likeness (QED) is 0.304. The molecule has 4 N–H and O–H groups in total. The second-order valence-electron chi connectivity index (χ2n) is 3.56. The molecule has 0 saturated carbocycles. The van der Waals surface area contributed by atoms with Gasteiger partial charge in [0.05, 0.1) is 13.2 Å². The van der Waals surface area contributed by atoms with Crippen molar-refractivity contribution < 1.29 is 9.53 Å². The minimum absolute atomic E-state index is 0.101. The summed E-state index contributed by atoms with van der Waals surface area (Å²) in [5.41, 5.74) is 5.20. The number of ether oxygens (including phenoxy) is 1. The van der Waals surface area contributed by atoms with E-state index in [-0.39, 0.29) is 18.4 Å². The molecule has 0 aliphatic heterocycles. The zero-order valence-corrected chi connectivity index (χ0v) is 10.1. The third kappa shape index (κ3) is 8.05. The van der Waals surface area contributed by atoms with Gasteiger partial charge in [0.1, 0.15) is 0 Å². The molecule has 0 unspecified atom stereocenters. The van der Waals surface area contributed by atoms with E-state index < -0.39 is 0 Å². The molecule has 0 spiro atoms. The molecular formula is C10H22N4O2. The molecule has 94 valence electrons. The molecule has 0 saturated heterocycles. The Balaban J connectivity index is 3.40. The average Bonchev–Trinajstić information content (AvgIpc) is 2.23. The van der Waals surface area contributed by atoms with Crippen LogP contribution in [0, 0.1) is 5.41 Å². The largest absolute Gasteiger partial charge is 0.380 e. The third-order valence-corrected chi connectivity index (χ3v) is 2.00. The van der Waals surface area contributed by atoms with Crippen LogP contribution in [0.25, 0.3) is 0 Å². The van der Waals surface area contributed by atoms with Crippen LogP contribution >= 0.6 is 0 Å². The second-order valence-corrected chi connectivity index (χ2v) is 3.56. The number of hydrogen-bond donors (Lipinski definition) is 3. The maximum Gasteiger partial charge on any atom is 0.239 e. The van der Waals surface area contributed by atoms with Crippen molar-refractivity contribution >= 4 is 11.9 Å². The van der Waals surface area contributed by atoms with Crippen LogP contribution in [0.1, 0.15) is 19.8 Å². The Kier molecular flexibility index (Phi) is 8.24. The molecule has 0 fully saturated rings. The fourth-order valence-electron chi connectivity index (χ4n) is 0.968. The van der Waals surface area contributed by atoms with Gasteiger partial charge in [-0.25, -0.2) is 0 Å². The minimum atomic E-state index is -0.156. The molecule has 16 heavy (non-hydrogen) atoms. The molecular weight excluding hydrogens is 208 g/mol. The van der Waals surface area contributed by atoms with Crippen molar-refractivity contribution in [3.05, 3.63) is 0 Å². The predicted octanol–water partition coefficient (Wildman–Crippen LogP) is -0.255. The van der Waals surface area contributed by atoms with E-state index in [1.54, 1.807) is 7.05 Å². The number of nitrogens with one attached hydrogen (secondary N) is 2. The van der Waals surface area contributed by atoms with Crippen molar-refractivity contribution in [2.24, 2.45) is 5.73 Å². The first-order chi connectivity index (χ1) is 7.57. The SMILES string of the molecule is CCCCOCCNC(=O)CN(C)C(=N)N. The lowest BCUT2D eigenvalue weighted by Gasteiger charge is -2.15. The first-order valence-electron chi connectivity index (χ1n) is 5.47. The summed E-state index contributed by atoms with van der Waals surface area (Å²) in [6.07, 6.45) is 2.15. The van der Waals surface area contributed by atoms with Crippen molar-refractivity contribution in [3.63, 3.8) is 0 Å². The summed E-state index contributed by atoms with van der Waals surface area (Å²) in [6.45, 7) is 3.95. The number of nitrogens with two attached hydrogens (primary N) is 1. The smallest absolute Gasteiger partial charge is 0.239 e. The van der Waals surface area contributed by atoms with E-state index >= 15 is 0 Å². The maximum absolute atomic E-state index is 11.3. The van der Waals surface area contributed by atoms with Gasteiger partial charge in [0, 0.05) is 20.2 Å². The summed E-state index contributed by atoms with van der Waals surface area (Å²) in [5.74, 6) is -0.272. The molecule has 0 aliphatic rings. The molecule has 0 aromatic carbocycles. The van der Waals surface area contributed by atoms with Crippen LogP contribution in [0.15, 0.2) is 0 Å². The van der Waals surface area contributed by atoms with Crippen LogP contribution in [0.2, 0.25) is 0 Å². The lowest BCUT2D eigenvalue weighted by molar-refractivity contribution is -0.121. The van der Waals surface area contributed by atoms with Crippen molar-refractivity contribution in [2.45, 2.75) is 19.8 Å². The van der Waals surface area contributed by atoms with E-state index in [1.807, 2.05) is 0 Å². The number of carbonyl (C=O) groups excluding carboxylic acids is 1. The Morgan fingerprint density at radius 2 is 2.19 bits per heavy atom. The summed E-state index contributed by atoms with van der Waals surface area (Å²) in [5, 5.41) is 9.77. The first kappa shape index (κ1) is 14.7. The van der Waals surface area contributed by atoms with Crippen LogP contribution in [-0.4, -0.2) is 50.1 Å². The molecule has 0 atom stereocenters. The number of hydrogen-bond acceptors (Lipinski definition) is 3. The van der Waals surface area contributed by atoms with Crippen molar-refractivity contribution in [1.82, 2.24) is 10.2 Å². The highest BCUT2D eigenvalue weighted by Crippen LogP contribution is 1.86. The van der Waals surface area contributed by atoms with Gasteiger partial charge in [0.25, 0.3) is 0 Å². The molecule has 0 heterocycles. The van der Waals surface area contributed by atoms with Crippen molar-refractivity contribution in [1.29, 1.82) is 5.41 Å². The fraction of sp³-hybridized carbons (Fsp3) is 0.800. The highest BCUT2D eigenvalue weighted by Gasteiger charge is 2.06. The molecule has 0 bridgehead atoms. The summed E-state index contributed by atoms with van der Waals surface area (Å²) in [6, 6.07) is 0. The van der Waals surface area contributed by atoms with Gasteiger partial charge in [-0.05, 0) is 6.42 Å². The van der Waals surface area contributed by atoms with Crippen molar-refractivity contribution in [2.75, 3.05) is 33.4 Å². The van der Waals surface area contributed by atoms with Crippen LogP contribution in [-0.2, 0) is 9.53 Å². The number of rotatable bonds is 8. The van der Waals surface area contributed by atoms with Crippen molar-refractivity contribution in [3.8, 4) is 0 Å². The normalized spacial score (nSPS) is 9.88. The predicted molar refractivity (Wildman–Crippen MR) is 63.3 cm³/mol. The summed E-state index contributed by atoms with van der Waals surface area (Å²) in [7, 11) is 1.60. The Hall–Kier alpha value is -1.30. The van der Waals surface area contributed by atoms with Gasteiger partial charge in [-0.3, -0.25) is 10.2 Å². The second kappa shape index (κ2) is 8.96. The Morgan fingerprint density at radius 3 is 2.75 bits per heavy atom. The third-order valence-electron chi connectivity index (χ3n) is 2.00. The zero-order valence-electron chi connectivity index (χ0n) is 10.1. The fourth-order valence-corrected chi connectivity index (χ4v) is 0.968. The van der Waals surface area contributed by atoms with Crippen LogP contribution < -0.4 is 11.1 Å². The van der Waals surface area contributed by atoms with Crippen LogP contribution in [0.5, 0.6) is 0 Å². The van der Waals surface area contributed by atoms with Crippen LogP contribution in [0.4, 0.5) is 0 Å². The topological polar surface area (TPSA) is 91.4 Å². The van der Waals surface area contributed by atoms with Gasteiger partial charge >= 0.3 is 0 Å². The molecule has 0 radical (unpaired) electrons. The molecule has 6 nitrogen and oxygen atoms in total. The summed E-state index contributed by atoms with van der Waals surface area (Å²) >= 11 is 0. The van der Waals surface area contributed by atoms with E-state index in [9.17, 15) is 4.79 Å². The first-order valence-corrected chi connectivity index (χ1v) is 5.47.